The Hall–Kier alpha value is -1.84. The minimum Gasteiger partial charge on any atom is -0.356 e. The molecule has 0 bridgehead atoms. The van der Waals surface area contributed by atoms with Crippen molar-refractivity contribution in [1.29, 1.82) is 0 Å². The van der Waals surface area contributed by atoms with Crippen LogP contribution in [0.15, 0.2) is 24.3 Å². The van der Waals surface area contributed by atoms with E-state index in [0.717, 1.165) is 62.7 Å². The lowest BCUT2D eigenvalue weighted by atomic mass is 9.98. The number of hydrogen-bond acceptors (Lipinski definition) is 2. The summed E-state index contributed by atoms with van der Waals surface area (Å²) in [6, 6.07) is 7.83. The van der Waals surface area contributed by atoms with Crippen molar-refractivity contribution in [2.24, 2.45) is 5.92 Å². The van der Waals surface area contributed by atoms with E-state index in [-0.39, 0.29) is 23.8 Å². The molecule has 2 fully saturated rings. The molecule has 0 aromatic heterocycles. The van der Waals surface area contributed by atoms with E-state index in [0.29, 0.717) is 0 Å². The monoisotopic (exact) mass is 314 g/mol. The summed E-state index contributed by atoms with van der Waals surface area (Å²) in [5.74, 6) is 0.178. The highest BCUT2D eigenvalue weighted by Gasteiger charge is 2.39. The maximum Gasteiger partial charge on any atom is 0.254 e. The van der Waals surface area contributed by atoms with Gasteiger partial charge in [-0.25, -0.2) is 0 Å². The summed E-state index contributed by atoms with van der Waals surface area (Å²) in [5.41, 5.74) is 1.84. The Morgan fingerprint density at radius 2 is 2.04 bits per heavy atom. The van der Waals surface area contributed by atoms with E-state index in [2.05, 4.69) is 5.32 Å². The zero-order valence-electron chi connectivity index (χ0n) is 13.9. The first-order valence-electron chi connectivity index (χ1n) is 8.82. The molecule has 2 aliphatic rings. The Kier molecular flexibility index (Phi) is 4.99. The predicted molar refractivity (Wildman–Crippen MR) is 90.2 cm³/mol. The van der Waals surface area contributed by atoms with Crippen molar-refractivity contribution in [3.63, 3.8) is 0 Å². The molecule has 1 aliphatic heterocycles. The number of benzene rings is 1. The molecule has 1 saturated carbocycles. The van der Waals surface area contributed by atoms with Gasteiger partial charge >= 0.3 is 0 Å². The first-order valence-corrected chi connectivity index (χ1v) is 8.82. The van der Waals surface area contributed by atoms with Crippen molar-refractivity contribution in [3.8, 4) is 0 Å². The number of amides is 2. The van der Waals surface area contributed by atoms with E-state index >= 15 is 0 Å². The quantitative estimate of drug-likeness (QED) is 0.866. The SMILES string of the molecule is Cc1cccc(C(=O)N2CCCCCNC(=O)[C@@H]3CCC[C@@H]32)c1. The molecule has 1 aliphatic carbocycles. The van der Waals surface area contributed by atoms with Crippen LogP contribution < -0.4 is 5.32 Å². The van der Waals surface area contributed by atoms with Gasteiger partial charge in [0.2, 0.25) is 5.91 Å². The van der Waals surface area contributed by atoms with Crippen molar-refractivity contribution in [1.82, 2.24) is 10.2 Å². The summed E-state index contributed by atoms with van der Waals surface area (Å²) in [7, 11) is 0. The average Bonchev–Trinajstić information content (AvgIpc) is 3.03. The minimum absolute atomic E-state index is 0.0399. The Labute approximate surface area is 138 Å². The molecule has 0 spiro atoms. The summed E-state index contributed by atoms with van der Waals surface area (Å²) < 4.78 is 0. The third-order valence-corrected chi connectivity index (χ3v) is 5.12. The van der Waals surface area contributed by atoms with Crippen molar-refractivity contribution in [3.05, 3.63) is 35.4 Å². The highest BCUT2D eigenvalue weighted by Crippen LogP contribution is 2.32. The highest BCUT2D eigenvalue weighted by atomic mass is 16.2. The van der Waals surface area contributed by atoms with Crippen LogP contribution in [-0.2, 0) is 4.79 Å². The zero-order valence-corrected chi connectivity index (χ0v) is 13.9. The average molecular weight is 314 g/mol. The van der Waals surface area contributed by atoms with Crippen LogP contribution >= 0.6 is 0 Å². The van der Waals surface area contributed by atoms with Gasteiger partial charge in [-0.3, -0.25) is 9.59 Å². The molecule has 1 heterocycles. The van der Waals surface area contributed by atoms with Gasteiger partial charge < -0.3 is 10.2 Å². The van der Waals surface area contributed by atoms with Gasteiger partial charge in [-0.2, -0.15) is 0 Å². The number of carbonyl (C=O) groups excluding carboxylic acids is 2. The summed E-state index contributed by atoms with van der Waals surface area (Å²) in [5, 5.41) is 3.06. The molecule has 1 aromatic carbocycles. The fourth-order valence-corrected chi connectivity index (χ4v) is 3.91. The predicted octanol–water partition coefficient (Wildman–Crippen LogP) is 2.91. The lowest BCUT2D eigenvalue weighted by Gasteiger charge is -2.33. The second-order valence-corrected chi connectivity index (χ2v) is 6.82. The van der Waals surface area contributed by atoms with Crippen molar-refractivity contribution in [2.75, 3.05) is 13.1 Å². The largest absolute Gasteiger partial charge is 0.356 e. The van der Waals surface area contributed by atoms with Crippen LogP contribution in [-0.4, -0.2) is 35.8 Å². The van der Waals surface area contributed by atoms with Gasteiger partial charge in [-0.05, 0) is 51.2 Å². The molecule has 2 amide bonds. The van der Waals surface area contributed by atoms with E-state index in [1.165, 1.54) is 0 Å². The molecule has 4 heteroatoms. The van der Waals surface area contributed by atoms with E-state index < -0.39 is 0 Å². The van der Waals surface area contributed by atoms with Crippen LogP contribution in [0.3, 0.4) is 0 Å². The smallest absolute Gasteiger partial charge is 0.254 e. The molecule has 4 nitrogen and oxygen atoms in total. The normalized spacial score (nSPS) is 25.6. The lowest BCUT2D eigenvalue weighted by Crippen LogP contribution is -2.48. The van der Waals surface area contributed by atoms with Crippen LogP contribution in [0.2, 0.25) is 0 Å². The van der Waals surface area contributed by atoms with Crippen LogP contribution in [0.1, 0.15) is 54.4 Å². The molecule has 2 atom stereocenters. The maximum absolute atomic E-state index is 13.1. The minimum atomic E-state index is -0.0399. The van der Waals surface area contributed by atoms with E-state index in [4.69, 9.17) is 0 Å². The number of nitrogens with one attached hydrogen (secondary N) is 1. The number of carbonyl (C=O) groups is 2. The van der Waals surface area contributed by atoms with Crippen LogP contribution in [0.5, 0.6) is 0 Å². The summed E-state index contributed by atoms with van der Waals surface area (Å²) in [6.45, 7) is 3.54. The van der Waals surface area contributed by atoms with Crippen molar-refractivity contribution < 1.29 is 9.59 Å². The topological polar surface area (TPSA) is 49.4 Å². The summed E-state index contributed by atoms with van der Waals surface area (Å²) >= 11 is 0. The first kappa shape index (κ1) is 16.0. The zero-order chi connectivity index (χ0) is 16.2. The van der Waals surface area contributed by atoms with Gasteiger partial charge in [0.1, 0.15) is 0 Å². The number of rotatable bonds is 1. The van der Waals surface area contributed by atoms with Crippen LogP contribution in [0.4, 0.5) is 0 Å². The standard InChI is InChI=1S/C19H26N2O2/c1-14-7-5-8-15(13-14)19(23)21-12-4-2-3-11-20-18(22)16-9-6-10-17(16)21/h5,7-8,13,16-17H,2-4,6,9-12H2,1H3,(H,20,22)/t16-,17+/m1/s1. The summed E-state index contributed by atoms with van der Waals surface area (Å²) in [4.78, 5) is 27.5. The molecular formula is C19H26N2O2. The van der Waals surface area contributed by atoms with Crippen molar-refractivity contribution >= 4 is 11.8 Å². The van der Waals surface area contributed by atoms with Crippen LogP contribution in [0.25, 0.3) is 0 Å². The molecule has 0 radical (unpaired) electrons. The van der Waals surface area contributed by atoms with Gasteiger partial charge in [0.15, 0.2) is 0 Å². The van der Waals surface area contributed by atoms with Gasteiger partial charge in [-0.1, -0.05) is 24.1 Å². The number of nitrogens with zero attached hydrogens (tertiary/aromatic N) is 1. The molecule has 124 valence electrons. The second-order valence-electron chi connectivity index (χ2n) is 6.82. The molecule has 3 rings (SSSR count). The molecule has 23 heavy (non-hydrogen) atoms. The maximum atomic E-state index is 13.1. The van der Waals surface area contributed by atoms with E-state index in [1.54, 1.807) is 0 Å². The van der Waals surface area contributed by atoms with Gasteiger partial charge in [0.25, 0.3) is 5.91 Å². The Morgan fingerprint density at radius 3 is 2.87 bits per heavy atom. The first-order chi connectivity index (χ1) is 11.2. The Balaban J connectivity index is 1.86. The lowest BCUT2D eigenvalue weighted by molar-refractivity contribution is -0.126. The fraction of sp³-hybridized carbons (Fsp3) is 0.579. The Morgan fingerprint density at radius 1 is 1.17 bits per heavy atom. The fourth-order valence-electron chi connectivity index (χ4n) is 3.91. The van der Waals surface area contributed by atoms with Gasteiger partial charge in [-0.15, -0.1) is 0 Å². The molecule has 1 aromatic rings. The number of fused-ring (bicyclic) bond motifs is 1. The molecule has 1 N–H and O–H groups in total. The third-order valence-electron chi connectivity index (χ3n) is 5.12. The van der Waals surface area contributed by atoms with Crippen LogP contribution in [0, 0.1) is 12.8 Å². The van der Waals surface area contributed by atoms with Gasteiger partial charge in [0, 0.05) is 24.7 Å². The molecule has 1 saturated heterocycles. The number of hydrogen-bond donors (Lipinski definition) is 1. The summed E-state index contributed by atoms with van der Waals surface area (Å²) in [6.07, 6.45) is 5.92. The molecular weight excluding hydrogens is 288 g/mol. The van der Waals surface area contributed by atoms with E-state index in [9.17, 15) is 9.59 Å². The Bertz CT molecular complexity index is 584. The number of aryl methyl sites for hydroxylation is 1. The molecule has 0 unspecified atom stereocenters. The highest BCUT2D eigenvalue weighted by molar-refractivity contribution is 5.95. The van der Waals surface area contributed by atoms with Crippen molar-refractivity contribution in [2.45, 2.75) is 51.5 Å². The van der Waals surface area contributed by atoms with E-state index in [1.807, 2.05) is 36.1 Å². The second kappa shape index (κ2) is 7.16. The van der Waals surface area contributed by atoms with Gasteiger partial charge in [0.05, 0.1) is 5.92 Å². The third kappa shape index (κ3) is 3.57.